The van der Waals surface area contributed by atoms with Gasteiger partial charge in [-0.25, -0.2) is 4.98 Å². The number of benzene rings is 2. The molecule has 0 aliphatic carbocycles. The number of nitrogens with zero attached hydrogens (tertiary/aromatic N) is 2. The van der Waals surface area contributed by atoms with Gasteiger partial charge in [-0.15, -0.1) is 0 Å². The lowest BCUT2D eigenvalue weighted by Crippen LogP contribution is -2.34. The number of para-hydroxylation sites is 4. The molecule has 1 fully saturated rings. The van der Waals surface area contributed by atoms with Gasteiger partial charge in [0, 0.05) is 6.54 Å². The fraction of sp³-hybridized carbons (Fsp3) is 0.333. The summed E-state index contributed by atoms with van der Waals surface area (Å²) in [4.78, 5) is 22.7. The standard InChI is InChI=1S/C21H23N3O3/c1-2-26-18-11-5-6-12-19(18)27-14-20(25)24-13-7-10-17(24)21-22-15-8-3-4-9-16(15)23-21/h3-6,8-9,11-12,17H,2,7,10,13-14H2,1H3,(H,22,23). The van der Waals surface area contributed by atoms with Crippen LogP contribution < -0.4 is 9.47 Å². The molecule has 140 valence electrons. The fourth-order valence-corrected chi connectivity index (χ4v) is 3.55. The summed E-state index contributed by atoms with van der Waals surface area (Å²) in [5.41, 5.74) is 1.92. The Morgan fingerprint density at radius 3 is 2.67 bits per heavy atom. The van der Waals surface area contributed by atoms with Crippen molar-refractivity contribution in [1.82, 2.24) is 14.9 Å². The number of rotatable bonds is 6. The molecule has 27 heavy (non-hydrogen) atoms. The number of aromatic amines is 1. The van der Waals surface area contributed by atoms with Crippen molar-refractivity contribution in [3.8, 4) is 11.5 Å². The van der Waals surface area contributed by atoms with Crippen molar-refractivity contribution >= 4 is 16.9 Å². The topological polar surface area (TPSA) is 67.5 Å². The van der Waals surface area contributed by atoms with Gasteiger partial charge in [0.25, 0.3) is 5.91 Å². The second-order valence-corrected chi connectivity index (χ2v) is 6.55. The molecular weight excluding hydrogens is 342 g/mol. The van der Waals surface area contributed by atoms with Gasteiger partial charge in [0.2, 0.25) is 0 Å². The van der Waals surface area contributed by atoms with Crippen LogP contribution in [0.2, 0.25) is 0 Å². The lowest BCUT2D eigenvalue weighted by atomic mass is 10.2. The van der Waals surface area contributed by atoms with Crippen LogP contribution in [0, 0.1) is 0 Å². The SMILES string of the molecule is CCOc1ccccc1OCC(=O)N1CCCC1c1nc2ccccc2[nH]1. The number of carbonyl (C=O) groups excluding carboxylic acids is 1. The van der Waals surface area contributed by atoms with Crippen LogP contribution >= 0.6 is 0 Å². The van der Waals surface area contributed by atoms with E-state index in [2.05, 4.69) is 9.97 Å². The van der Waals surface area contributed by atoms with Crippen LogP contribution in [0.25, 0.3) is 11.0 Å². The molecule has 6 heteroatoms. The molecule has 0 radical (unpaired) electrons. The smallest absolute Gasteiger partial charge is 0.261 e. The Labute approximate surface area is 158 Å². The van der Waals surface area contributed by atoms with Crippen molar-refractivity contribution in [2.75, 3.05) is 19.8 Å². The number of hydrogen-bond donors (Lipinski definition) is 1. The molecule has 0 saturated carbocycles. The quantitative estimate of drug-likeness (QED) is 0.723. The average molecular weight is 365 g/mol. The van der Waals surface area contributed by atoms with E-state index in [4.69, 9.17) is 9.47 Å². The number of H-pyrrole nitrogens is 1. The van der Waals surface area contributed by atoms with Crippen LogP contribution in [-0.4, -0.2) is 40.5 Å². The summed E-state index contributed by atoms with van der Waals surface area (Å²) in [6, 6.07) is 15.3. The van der Waals surface area contributed by atoms with Crippen molar-refractivity contribution in [3.05, 3.63) is 54.4 Å². The van der Waals surface area contributed by atoms with Gasteiger partial charge in [-0.1, -0.05) is 24.3 Å². The first kappa shape index (κ1) is 17.4. The summed E-state index contributed by atoms with van der Waals surface area (Å²) in [5, 5.41) is 0. The van der Waals surface area contributed by atoms with Gasteiger partial charge in [0.15, 0.2) is 18.1 Å². The molecule has 1 amide bonds. The number of nitrogens with one attached hydrogen (secondary N) is 1. The molecule has 3 aromatic rings. The monoisotopic (exact) mass is 365 g/mol. The highest BCUT2D eigenvalue weighted by Crippen LogP contribution is 2.32. The zero-order valence-electron chi connectivity index (χ0n) is 15.4. The lowest BCUT2D eigenvalue weighted by Gasteiger charge is -2.23. The summed E-state index contributed by atoms with van der Waals surface area (Å²) in [7, 11) is 0. The molecule has 1 N–H and O–H groups in total. The fourth-order valence-electron chi connectivity index (χ4n) is 3.55. The maximum absolute atomic E-state index is 12.8. The van der Waals surface area contributed by atoms with E-state index in [1.165, 1.54) is 0 Å². The first-order chi connectivity index (χ1) is 13.3. The average Bonchev–Trinajstić information content (AvgIpc) is 3.34. The number of hydrogen-bond acceptors (Lipinski definition) is 4. The van der Waals surface area contributed by atoms with E-state index >= 15 is 0 Å². The molecule has 0 bridgehead atoms. The van der Waals surface area contributed by atoms with E-state index in [0.29, 0.717) is 18.1 Å². The van der Waals surface area contributed by atoms with Gasteiger partial charge in [-0.3, -0.25) is 4.79 Å². The largest absolute Gasteiger partial charge is 0.490 e. The molecule has 1 saturated heterocycles. The Kier molecular flexibility index (Phi) is 4.96. The van der Waals surface area contributed by atoms with Gasteiger partial charge in [-0.2, -0.15) is 0 Å². The molecule has 0 spiro atoms. The first-order valence-corrected chi connectivity index (χ1v) is 9.35. The van der Waals surface area contributed by atoms with Crippen molar-refractivity contribution in [1.29, 1.82) is 0 Å². The highest BCUT2D eigenvalue weighted by molar-refractivity contribution is 5.79. The Morgan fingerprint density at radius 2 is 1.89 bits per heavy atom. The second kappa shape index (κ2) is 7.70. The third kappa shape index (κ3) is 3.60. The summed E-state index contributed by atoms with van der Waals surface area (Å²) < 4.78 is 11.3. The number of amides is 1. The predicted octanol–water partition coefficient (Wildman–Crippen LogP) is 3.70. The molecule has 2 aromatic carbocycles. The number of fused-ring (bicyclic) bond motifs is 1. The van der Waals surface area contributed by atoms with Gasteiger partial charge in [-0.05, 0) is 44.0 Å². The number of likely N-dealkylation sites (tertiary alicyclic amines) is 1. The van der Waals surface area contributed by atoms with Gasteiger partial charge >= 0.3 is 0 Å². The highest BCUT2D eigenvalue weighted by Gasteiger charge is 2.32. The number of carbonyl (C=O) groups is 1. The van der Waals surface area contributed by atoms with E-state index in [9.17, 15) is 4.79 Å². The van der Waals surface area contributed by atoms with Crippen LogP contribution in [-0.2, 0) is 4.79 Å². The molecule has 1 aromatic heterocycles. The Balaban J connectivity index is 1.46. The third-order valence-electron chi connectivity index (χ3n) is 4.80. The maximum atomic E-state index is 12.8. The zero-order valence-corrected chi connectivity index (χ0v) is 15.4. The van der Waals surface area contributed by atoms with Crippen molar-refractivity contribution in [2.45, 2.75) is 25.8 Å². The van der Waals surface area contributed by atoms with E-state index in [0.717, 1.165) is 36.2 Å². The van der Waals surface area contributed by atoms with E-state index in [-0.39, 0.29) is 18.6 Å². The normalized spacial score (nSPS) is 16.6. The highest BCUT2D eigenvalue weighted by atomic mass is 16.5. The zero-order chi connectivity index (χ0) is 18.6. The molecule has 1 aliphatic heterocycles. The summed E-state index contributed by atoms with van der Waals surface area (Å²) >= 11 is 0. The Bertz CT molecular complexity index is 904. The molecule has 2 heterocycles. The molecule has 1 aliphatic rings. The number of imidazole rings is 1. The first-order valence-electron chi connectivity index (χ1n) is 9.35. The maximum Gasteiger partial charge on any atom is 0.261 e. The minimum Gasteiger partial charge on any atom is -0.490 e. The van der Waals surface area contributed by atoms with Gasteiger partial charge < -0.3 is 19.4 Å². The van der Waals surface area contributed by atoms with E-state index in [1.807, 2.05) is 60.4 Å². The predicted molar refractivity (Wildman–Crippen MR) is 103 cm³/mol. The van der Waals surface area contributed by atoms with Crippen LogP contribution in [0.4, 0.5) is 0 Å². The van der Waals surface area contributed by atoms with E-state index in [1.54, 1.807) is 0 Å². The Morgan fingerprint density at radius 1 is 1.15 bits per heavy atom. The van der Waals surface area contributed by atoms with E-state index < -0.39 is 0 Å². The summed E-state index contributed by atoms with van der Waals surface area (Å²) in [5.74, 6) is 2.05. The number of ether oxygens (including phenoxy) is 2. The van der Waals surface area contributed by atoms with Crippen LogP contribution in [0.15, 0.2) is 48.5 Å². The third-order valence-corrected chi connectivity index (χ3v) is 4.80. The van der Waals surface area contributed by atoms with Gasteiger partial charge in [0.05, 0.1) is 23.7 Å². The second-order valence-electron chi connectivity index (χ2n) is 6.55. The number of aromatic nitrogens is 2. The van der Waals surface area contributed by atoms with Crippen LogP contribution in [0.1, 0.15) is 31.6 Å². The van der Waals surface area contributed by atoms with Crippen molar-refractivity contribution in [3.63, 3.8) is 0 Å². The lowest BCUT2D eigenvalue weighted by molar-refractivity contribution is -0.134. The molecule has 4 rings (SSSR count). The summed E-state index contributed by atoms with van der Waals surface area (Å²) in [6.45, 7) is 3.18. The Hall–Kier alpha value is -3.02. The van der Waals surface area contributed by atoms with Crippen molar-refractivity contribution < 1.29 is 14.3 Å². The van der Waals surface area contributed by atoms with Crippen molar-refractivity contribution in [2.24, 2.45) is 0 Å². The minimum absolute atomic E-state index is 0.0131. The summed E-state index contributed by atoms with van der Waals surface area (Å²) in [6.07, 6.45) is 1.87. The minimum atomic E-state index is -0.0377. The molecule has 6 nitrogen and oxygen atoms in total. The van der Waals surface area contributed by atoms with Crippen LogP contribution in [0.5, 0.6) is 11.5 Å². The van der Waals surface area contributed by atoms with Crippen LogP contribution in [0.3, 0.4) is 0 Å². The molecule has 1 atom stereocenters. The molecule has 1 unspecified atom stereocenters. The van der Waals surface area contributed by atoms with Gasteiger partial charge in [0.1, 0.15) is 5.82 Å². The molecular formula is C21H23N3O3.